The van der Waals surface area contributed by atoms with Gasteiger partial charge < -0.3 is 15.0 Å². The summed E-state index contributed by atoms with van der Waals surface area (Å²) >= 11 is 0. The number of alkyl carbamates (subject to hydrolysis) is 1. The van der Waals surface area contributed by atoms with E-state index in [9.17, 15) is 14.4 Å². The molecule has 3 rings (SSSR count). The average Bonchev–Trinajstić information content (AvgIpc) is 2.97. The molecule has 0 unspecified atom stereocenters. The number of aromatic amines is 2. The van der Waals surface area contributed by atoms with Crippen LogP contribution in [0, 0.1) is 0 Å². The first-order chi connectivity index (χ1) is 12.1. The van der Waals surface area contributed by atoms with Crippen LogP contribution in [-0.4, -0.2) is 37.3 Å². The van der Waals surface area contributed by atoms with Crippen molar-refractivity contribution in [3.8, 4) is 0 Å². The van der Waals surface area contributed by atoms with Crippen molar-refractivity contribution in [3.05, 3.63) is 26.7 Å². The number of ether oxygens (including phenoxy) is 1. The monoisotopic (exact) mass is 363 g/mol. The van der Waals surface area contributed by atoms with E-state index in [-0.39, 0.29) is 12.0 Å². The molecule has 3 N–H and O–H groups in total. The number of hydrogen-bond acceptors (Lipinski definition) is 5. The van der Waals surface area contributed by atoms with Crippen molar-refractivity contribution >= 4 is 17.3 Å². The van der Waals surface area contributed by atoms with Gasteiger partial charge in [0.2, 0.25) is 0 Å². The number of nitrogens with zero attached hydrogens (tertiary/aromatic N) is 2. The van der Waals surface area contributed by atoms with E-state index >= 15 is 0 Å². The molecule has 1 aliphatic rings. The van der Waals surface area contributed by atoms with E-state index in [1.807, 2.05) is 20.8 Å². The molecule has 2 heterocycles. The predicted molar refractivity (Wildman–Crippen MR) is 96.3 cm³/mol. The first-order valence-corrected chi connectivity index (χ1v) is 8.82. The van der Waals surface area contributed by atoms with Gasteiger partial charge in [-0.05, 0) is 40.0 Å². The predicted octanol–water partition coefficient (Wildman–Crippen LogP) is 1.50. The van der Waals surface area contributed by atoms with Gasteiger partial charge in [0.1, 0.15) is 16.9 Å². The summed E-state index contributed by atoms with van der Waals surface area (Å²) in [5.41, 5.74) is -0.863. The third-order valence-electron chi connectivity index (χ3n) is 4.55. The molecule has 1 fully saturated rings. The molecule has 0 aromatic carbocycles. The van der Waals surface area contributed by atoms with E-state index in [1.54, 1.807) is 7.05 Å². The molecule has 2 atom stereocenters. The largest absolute Gasteiger partial charge is 0.444 e. The number of amides is 1. The highest BCUT2D eigenvalue weighted by molar-refractivity contribution is 5.70. The van der Waals surface area contributed by atoms with E-state index in [0.29, 0.717) is 23.4 Å². The van der Waals surface area contributed by atoms with Crippen LogP contribution in [0.4, 0.5) is 4.79 Å². The Morgan fingerprint density at radius 1 is 1.27 bits per heavy atom. The maximum atomic E-state index is 12.0. The molecule has 2 aromatic heterocycles. The van der Waals surface area contributed by atoms with Crippen molar-refractivity contribution in [2.24, 2.45) is 7.05 Å². The fourth-order valence-corrected chi connectivity index (χ4v) is 3.36. The molecular formula is C17H25N5O4. The smallest absolute Gasteiger partial charge is 0.407 e. The van der Waals surface area contributed by atoms with Crippen molar-refractivity contribution < 1.29 is 9.53 Å². The number of H-pyrrole nitrogens is 2. The second kappa shape index (κ2) is 6.62. The third-order valence-corrected chi connectivity index (χ3v) is 4.55. The van der Waals surface area contributed by atoms with Gasteiger partial charge in [-0.2, -0.15) is 0 Å². The van der Waals surface area contributed by atoms with E-state index < -0.39 is 22.9 Å². The summed E-state index contributed by atoms with van der Waals surface area (Å²) in [6, 6.07) is -0.0149. The number of fused-ring (bicyclic) bond motifs is 1. The summed E-state index contributed by atoms with van der Waals surface area (Å²) < 4.78 is 6.63. The molecule has 0 saturated heterocycles. The minimum absolute atomic E-state index is 0.0149. The fourth-order valence-electron chi connectivity index (χ4n) is 3.36. The molecule has 9 nitrogen and oxygen atoms in total. The Balaban J connectivity index is 1.78. The van der Waals surface area contributed by atoms with Crippen LogP contribution >= 0.6 is 0 Å². The molecule has 2 aromatic rings. The fraction of sp³-hybridized carbons (Fsp3) is 0.647. The van der Waals surface area contributed by atoms with Gasteiger partial charge in [-0.3, -0.25) is 14.3 Å². The van der Waals surface area contributed by atoms with Gasteiger partial charge in [-0.25, -0.2) is 14.6 Å². The lowest BCUT2D eigenvalue weighted by Crippen LogP contribution is -2.41. The Morgan fingerprint density at radius 2 is 2.00 bits per heavy atom. The van der Waals surface area contributed by atoms with Crippen molar-refractivity contribution in [1.82, 2.24) is 24.8 Å². The minimum Gasteiger partial charge on any atom is -0.444 e. The third kappa shape index (κ3) is 3.81. The summed E-state index contributed by atoms with van der Waals surface area (Å²) in [4.78, 5) is 45.5. The van der Waals surface area contributed by atoms with Crippen LogP contribution in [0.15, 0.2) is 9.59 Å². The van der Waals surface area contributed by atoms with Crippen molar-refractivity contribution in [2.75, 3.05) is 0 Å². The van der Waals surface area contributed by atoms with E-state index in [1.165, 1.54) is 4.57 Å². The van der Waals surface area contributed by atoms with Crippen molar-refractivity contribution in [2.45, 2.75) is 64.0 Å². The zero-order chi connectivity index (χ0) is 19.1. The molecule has 1 amide bonds. The zero-order valence-electron chi connectivity index (χ0n) is 15.5. The van der Waals surface area contributed by atoms with Crippen LogP contribution in [0.3, 0.4) is 0 Å². The molecule has 1 saturated carbocycles. The van der Waals surface area contributed by atoms with Gasteiger partial charge in [0.05, 0.1) is 0 Å². The number of imidazole rings is 1. The van der Waals surface area contributed by atoms with Gasteiger partial charge in [-0.1, -0.05) is 6.42 Å². The van der Waals surface area contributed by atoms with Crippen LogP contribution < -0.4 is 16.6 Å². The van der Waals surface area contributed by atoms with E-state index in [2.05, 4.69) is 20.3 Å². The van der Waals surface area contributed by atoms with Crippen LogP contribution in [0.25, 0.3) is 11.2 Å². The number of nitrogens with one attached hydrogen (secondary N) is 3. The molecule has 0 radical (unpaired) electrons. The Bertz CT molecular complexity index is 933. The minimum atomic E-state index is -0.539. The summed E-state index contributed by atoms with van der Waals surface area (Å²) in [6.07, 6.45) is 2.97. The lowest BCUT2D eigenvalue weighted by atomic mass is 9.85. The number of carbonyl (C=O) groups excluding carboxylic acids is 1. The quantitative estimate of drug-likeness (QED) is 0.746. The van der Waals surface area contributed by atoms with E-state index in [4.69, 9.17) is 4.74 Å². The number of aromatic nitrogens is 4. The van der Waals surface area contributed by atoms with Crippen molar-refractivity contribution in [3.63, 3.8) is 0 Å². The summed E-state index contributed by atoms with van der Waals surface area (Å²) in [6.45, 7) is 5.48. The molecule has 0 bridgehead atoms. The maximum absolute atomic E-state index is 12.0. The van der Waals surface area contributed by atoms with Gasteiger partial charge >= 0.3 is 11.8 Å². The number of aryl methyl sites for hydroxylation is 1. The Hall–Kier alpha value is -2.58. The first-order valence-electron chi connectivity index (χ1n) is 8.82. The number of rotatable bonds is 2. The Morgan fingerprint density at radius 3 is 2.69 bits per heavy atom. The molecule has 9 heteroatoms. The SMILES string of the molecule is Cn1c(=O)[nH]c(=O)c2[nH]c([C@@H]3CCC[C@H](NC(=O)OC(C)(C)C)C3)nc21. The van der Waals surface area contributed by atoms with Crippen LogP contribution in [0.1, 0.15) is 58.2 Å². The maximum Gasteiger partial charge on any atom is 0.407 e. The molecule has 0 spiro atoms. The average molecular weight is 363 g/mol. The molecule has 0 aliphatic heterocycles. The molecule has 142 valence electrons. The van der Waals surface area contributed by atoms with Gasteiger partial charge in [-0.15, -0.1) is 0 Å². The van der Waals surface area contributed by atoms with Crippen molar-refractivity contribution in [1.29, 1.82) is 0 Å². The van der Waals surface area contributed by atoms with Gasteiger partial charge in [0.15, 0.2) is 5.65 Å². The van der Waals surface area contributed by atoms with Crippen LogP contribution in [0.5, 0.6) is 0 Å². The van der Waals surface area contributed by atoms with Gasteiger partial charge in [0.25, 0.3) is 5.56 Å². The number of carbonyl (C=O) groups is 1. The topological polar surface area (TPSA) is 122 Å². The zero-order valence-corrected chi connectivity index (χ0v) is 15.5. The first kappa shape index (κ1) is 18.2. The summed E-state index contributed by atoms with van der Waals surface area (Å²) in [7, 11) is 1.57. The lowest BCUT2D eigenvalue weighted by Gasteiger charge is -2.29. The second-order valence-corrected chi connectivity index (χ2v) is 7.85. The highest BCUT2D eigenvalue weighted by Crippen LogP contribution is 2.32. The molecule has 26 heavy (non-hydrogen) atoms. The second-order valence-electron chi connectivity index (χ2n) is 7.85. The Labute approximate surface area is 150 Å². The van der Waals surface area contributed by atoms with Crippen LogP contribution in [0.2, 0.25) is 0 Å². The van der Waals surface area contributed by atoms with E-state index in [0.717, 1.165) is 19.3 Å². The highest BCUT2D eigenvalue weighted by Gasteiger charge is 2.28. The highest BCUT2D eigenvalue weighted by atomic mass is 16.6. The standard InChI is InChI=1S/C17H25N5O4/c1-17(2,3)26-16(25)18-10-7-5-6-9(8-10)12-19-11-13(20-12)22(4)15(24)21-14(11)23/h9-10H,5-8H2,1-4H3,(H,18,25)(H,19,20)(H,21,23,24)/t9-,10+/m1/s1. The lowest BCUT2D eigenvalue weighted by molar-refractivity contribution is 0.0490. The normalized spacial score (nSPS) is 20.9. The van der Waals surface area contributed by atoms with Gasteiger partial charge in [0, 0.05) is 19.0 Å². The number of hydrogen-bond donors (Lipinski definition) is 3. The molecule has 1 aliphatic carbocycles. The molecular weight excluding hydrogens is 338 g/mol. The summed E-state index contributed by atoms with van der Waals surface area (Å²) in [5.74, 6) is 0.743. The Kier molecular flexibility index (Phi) is 4.64. The van der Waals surface area contributed by atoms with Crippen LogP contribution in [-0.2, 0) is 11.8 Å². The summed E-state index contributed by atoms with van der Waals surface area (Å²) in [5, 5.41) is 2.91.